The van der Waals surface area contributed by atoms with E-state index in [1.807, 2.05) is 35.2 Å². The van der Waals surface area contributed by atoms with Crippen LogP contribution in [0, 0.1) is 6.92 Å². The van der Waals surface area contributed by atoms with Crippen molar-refractivity contribution in [2.24, 2.45) is 0 Å². The van der Waals surface area contributed by atoms with Crippen molar-refractivity contribution in [1.29, 1.82) is 0 Å². The van der Waals surface area contributed by atoms with Gasteiger partial charge in [0, 0.05) is 31.4 Å². The second kappa shape index (κ2) is 13.3. The molecule has 1 heterocycles. The first kappa shape index (κ1) is 30.9. The topological polar surface area (TPSA) is 138 Å². The van der Waals surface area contributed by atoms with Gasteiger partial charge in [0.2, 0.25) is 0 Å². The Morgan fingerprint density at radius 2 is 1.71 bits per heavy atom. The van der Waals surface area contributed by atoms with E-state index in [9.17, 15) is 18.0 Å². The summed E-state index contributed by atoms with van der Waals surface area (Å²) in [7, 11) is 0.503. The van der Waals surface area contributed by atoms with E-state index < -0.39 is 16.0 Å². The van der Waals surface area contributed by atoms with Crippen molar-refractivity contribution >= 4 is 44.5 Å². The molecular weight excluding hydrogens is 560 g/mol. The van der Waals surface area contributed by atoms with Crippen LogP contribution < -0.4 is 10.6 Å². The number of hydrogen-bond donors (Lipinski definition) is 3. The van der Waals surface area contributed by atoms with Gasteiger partial charge in [0.15, 0.2) is 0 Å². The molecule has 1 aliphatic heterocycles. The Morgan fingerprint density at radius 1 is 1.02 bits per heavy atom. The quantitative estimate of drug-likeness (QED) is 0.164. The van der Waals surface area contributed by atoms with Gasteiger partial charge in [0.05, 0.1) is 47.7 Å². The number of carbonyl (C=O) groups excluding carboxylic acids is 2. The molecule has 3 N–H and O–H groups in total. The summed E-state index contributed by atoms with van der Waals surface area (Å²) in [6.07, 6.45) is 0. The van der Waals surface area contributed by atoms with E-state index in [-0.39, 0.29) is 24.0 Å². The number of methoxy groups -OCH3 is 1. The number of ether oxygens (including phenoxy) is 1. The van der Waals surface area contributed by atoms with Gasteiger partial charge in [-0.15, -0.1) is 0 Å². The van der Waals surface area contributed by atoms with Crippen LogP contribution >= 0.6 is 0 Å². The van der Waals surface area contributed by atoms with Crippen LogP contribution in [-0.2, 0) is 24.4 Å². The summed E-state index contributed by atoms with van der Waals surface area (Å²) in [6.45, 7) is 2.80. The van der Waals surface area contributed by atoms with Gasteiger partial charge in [0.1, 0.15) is 0 Å². The smallest absolute Gasteiger partial charge is 0.338 e. The lowest BCUT2D eigenvalue weighted by Crippen LogP contribution is -2.32. The lowest BCUT2D eigenvalue weighted by Gasteiger charge is -2.20. The maximum Gasteiger partial charge on any atom is 0.338 e. The third-order valence-electron chi connectivity index (χ3n) is 6.81. The highest BCUT2D eigenvalue weighted by atomic mass is 32.2. The van der Waals surface area contributed by atoms with Gasteiger partial charge in [-0.3, -0.25) is 9.63 Å². The highest BCUT2D eigenvalue weighted by Gasteiger charge is 2.30. The number of aryl methyl sites for hydroxylation is 1. The number of sulfonamides is 1. The van der Waals surface area contributed by atoms with Crippen molar-refractivity contribution in [3.63, 3.8) is 0 Å². The molecule has 1 aliphatic rings. The van der Waals surface area contributed by atoms with Crippen molar-refractivity contribution in [1.82, 2.24) is 9.37 Å². The molecule has 1 amide bonds. The van der Waals surface area contributed by atoms with Crippen LogP contribution in [0.5, 0.6) is 0 Å². The van der Waals surface area contributed by atoms with Crippen LogP contribution in [0.4, 0.5) is 11.4 Å². The van der Waals surface area contributed by atoms with Crippen LogP contribution in [0.15, 0.2) is 71.6 Å². The molecule has 42 heavy (non-hydrogen) atoms. The minimum absolute atomic E-state index is 0.000835. The monoisotopic (exact) mass is 594 g/mol. The van der Waals surface area contributed by atoms with E-state index in [1.165, 1.54) is 26.3 Å². The molecule has 4 rings (SSSR count). The number of esters is 1. The van der Waals surface area contributed by atoms with Gasteiger partial charge in [-0.1, -0.05) is 34.8 Å². The molecule has 0 spiro atoms. The number of likely N-dealkylation sites (N-methyl/N-ethyl adjacent to an activating group) is 1. The molecular formula is C30H34N4O7S. The molecule has 0 bridgehead atoms. The second-order valence-corrected chi connectivity index (χ2v) is 11.6. The maximum absolute atomic E-state index is 13.3. The number of aliphatic hydroxyl groups excluding tert-OH is 1. The van der Waals surface area contributed by atoms with E-state index in [4.69, 9.17) is 14.7 Å². The number of aliphatic hydroxyl groups is 1. The Bertz CT molecular complexity index is 1590. The molecule has 3 aromatic rings. The highest BCUT2D eigenvalue weighted by Crippen LogP contribution is 2.39. The van der Waals surface area contributed by atoms with Crippen molar-refractivity contribution in [2.45, 2.75) is 11.8 Å². The highest BCUT2D eigenvalue weighted by molar-refractivity contribution is 7.89. The van der Waals surface area contributed by atoms with Gasteiger partial charge >= 0.3 is 5.97 Å². The predicted octanol–water partition coefficient (Wildman–Crippen LogP) is 3.19. The fourth-order valence-electron chi connectivity index (χ4n) is 4.47. The number of fused-ring (bicyclic) bond motifs is 1. The first-order chi connectivity index (χ1) is 20.1. The van der Waals surface area contributed by atoms with Crippen molar-refractivity contribution in [3.05, 3.63) is 89.0 Å². The molecule has 3 aromatic carbocycles. The average Bonchev–Trinajstić information content (AvgIpc) is 3.29. The second-order valence-electron chi connectivity index (χ2n) is 9.70. The third-order valence-corrected chi connectivity index (χ3v) is 8.46. The number of rotatable bonds is 12. The first-order valence-electron chi connectivity index (χ1n) is 13.2. The number of benzene rings is 3. The lowest BCUT2D eigenvalue weighted by molar-refractivity contribution is -0.110. The van der Waals surface area contributed by atoms with Crippen molar-refractivity contribution in [3.8, 4) is 0 Å². The number of carbonyl (C=O) groups is 2. The summed E-state index contributed by atoms with van der Waals surface area (Å²) in [5, 5.41) is 15.1. The fraction of sp³-hybridized carbons (Fsp3) is 0.267. The van der Waals surface area contributed by atoms with Crippen molar-refractivity contribution < 1.29 is 32.7 Å². The van der Waals surface area contributed by atoms with Gasteiger partial charge in [0.25, 0.3) is 15.9 Å². The Balaban J connectivity index is 1.64. The number of amides is 1. The van der Waals surface area contributed by atoms with Crippen LogP contribution in [0.1, 0.15) is 27.0 Å². The number of nitrogens with one attached hydrogen (secondary N) is 2. The van der Waals surface area contributed by atoms with Gasteiger partial charge < -0.3 is 25.4 Å². The zero-order valence-corrected chi connectivity index (χ0v) is 24.7. The number of hydroxylamine groups is 1. The molecule has 0 unspecified atom stereocenters. The molecule has 11 nitrogen and oxygen atoms in total. The molecule has 0 saturated carbocycles. The zero-order valence-electron chi connectivity index (χ0n) is 23.9. The summed E-state index contributed by atoms with van der Waals surface area (Å²) < 4.78 is 31.8. The standard InChI is InChI=1S/C30H34N4O7S/c1-20-18-25-26(19-24(20)30(37)40-4)32-29(36)27(25)28(21-8-6-5-7-9-21)31-22-10-12-23(13-11-22)42(38,39)34(3)41-17-15-33(2)14-16-35/h5-13,18-19,31,35H,14-17H2,1-4H3,(H,32,36). The first-order valence-corrected chi connectivity index (χ1v) is 14.6. The minimum Gasteiger partial charge on any atom is -0.465 e. The maximum atomic E-state index is 13.3. The molecule has 12 heteroatoms. The molecule has 0 aromatic heterocycles. The molecule has 0 atom stereocenters. The lowest BCUT2D eigenvalue weighted by atomic mass is 9.96. The largest absolute Gasteiger partial charge is 0.465 e. The normalized spacial score (nSPS) is 14.1. The van der Waals surface area contributed by atoms with E-state index in [2.05, 4.69) is 10.6 Å². The summed E-state index contributed by atoms with van der Waals surface area (Å²) >= 11 is 0. The molecule has 222 valence electrons. The van der Waals surface area contributed by atoms with Crippen molar-refractivity contribution in [2.75, 3.05) is 58.1 Å². The van der Waals surface area contributed by atoms with E-state index >= 15 is 0 Å². The van der Waals surface area contributed by atoms with Crippen LogP contribution in [-0.4, -0.2) is 82.3 Å². The van der Waals surface area contributed by atoms with Gasteiger partial charge in [-0.2, -0.15) is 0 Å². The molecule has 0 radical (unpaired) electrons. The number of nitrogens with zero attached hydrogens (tertiary/aromatic N) is 2. The zero-order chi connectivity index (χ0) is 30.4. The Morgan fingerprint density at radius 3 is 2.36 bits per heavy atom. The summed E-state index contributed by atoms with van der Waals surface area (Å²) in [5.41, 5.74) is 4.31. The Labute approximate surface area is 245 Å². The van der Waals surface area contributed by atoms with E-state index in [0.717, 1.165) is 10.0 Å². The average molecular weight is 595 g/mol. The van der Waals surface area contributed by atoms with Crippen LogP contribution in [0.3, 0.4) is 0 Å². The summed E-state index contributed by atoms with van der Waals surface area (Å²) in [6, 6.07) is 18.8. The predicted molar refractivity (Wildman–Crippen MR) is 160 cm³/mol. The van der Waals surface area contributed by atoms with Gasteiger partial charge in [-0.05, 0) is 61.5 Å². The fourth-order valence-corrected chi connectivity index (χ4v) is 5.46. The molecule has 0 saturated heterocycles. The SMILES string of the molecule is COC(=O)c1cc2c(cc1C)C(=C(Nc1ccc(S(=O)(=O)N(C)OCCN(C)CCO)cc1)c1ccccc1)C(=O)N2. The number of hydrogen-bond acceptors (Lipinski definition) is 9. The van der Waals surface area contributed by atoms with Crippen LogP contribution in [0.25, 0.3) is 11.3 Å². The summed E-state index contributed by atoms with van der Waals surface area (Å²) in [5.74, 6) is -0.844. The minimum atomic E-state index is -3.93. The van der Waals surface area contributed by atoms with E-state index in [1.54, 1.807) is 38.2 Å². The Kier molecular flexibility index (Phi) is 9.76. The molecule has 0 fully saturated rings. The van der Waals surface area contributed by atoms with Crippen LogP contribution in [0.2, 0.25) is 0 Å². The van der Waals surface area contributed by atoms with E-state index in [0.29, 0.717) is 52.4 Å². The number of anilines is 2. The third kappa shape index (κ3) is 6.69. The summed E-state index contributed by atoms with van der Waals surface area (Å²) in [4.78, 5) is 32.8. The Hall–Kier alpha value is -4.07. The van der Waals surface area contributed by atoms with Gasteiger partial charge in [-0.25, -0.2) is 13.2 Å². The molecule has 0 aliphatic carbocycles.